The van der Waals surface area contributed by atoms with Gasteiger partial charge in [-0.1, -0.05) is 18.2 Å². The summed E-state index contributed by atoms with van der Waals surface area (Å²) in [4.78, 5) is 14.8. The first kappa shape index (κ1) is 13.2. The summed E-state index contributed by atoms with van der Waals surface area (Å²) in [5.74, 6) is -4.10. The zero-order chi connectivity index (χ0) is 14.0. The molecule has 0 aliphatic rings. The fourth-order valence-corrected chi connectivity index (χ4v) is 1.65. The van der Waals surface area contributed by atoms with Crippen LogP contribution in [0.4, 0.5) is 8.78 Å². The van der Waals surface area contributed by atoms with Gasteiger partial charge in [-0.25, -0.2) is 18.6 Å². The van der Waals surface area contributed by atoms with E-state index < -0.39 is 18.5 Å². The molecule has 1 aromatic carbocycles. The van der Waals surface area contributed by atoms with Crippen molar-refractivity contribution in [1.82, 2.24) is 4.98 Å². The number of aromatic nitrogens is 1. The smallest absolute Gasteiger partial charge is 0.337 e. The fraction of sp³-hybridized carbons (Fsp3) is 0.231. The zero-order valence-corrected chi connectivity index (χ0v) is 10.1. The Morgan fingerprint density at radius 1 is 1.37 bits per heavy atom. The molecule has 0 atom stereocenters. The molecule has 2 rings (SSSR count). The van der Waals surface area contributed by atoms with Crippen LogP contribution in [-0.2, 0) is 0 Å². The molecule has 0 radical (unpaired) electrons. The van der Waals surface area contributed by atoms with Crippen LogP contribution in [0.5, 0.6) is 5.88 Å². The monoisotopic (exact) mass is 267 g/mol. The minimum absolute atomic E-state index is 0.00197. The molecule has 2 aromatic rings. The lowest BCUT2D eigenvalue weighted by molar-refractivity contribution is -0.0237. The molecule has 6 heteroatoms. The molecular formula is C13H11F2NO3. The highest BCUT2D eigenvalue weighted by Gasteiger charge is 2.23. The molecule has 1 heterocycles. The van der Waals surface area contributed by atoms with Crippen LogP contribution in [0.3, 0.4) is 0 Å². The van der Waals surface area contributed by atoms with Crippen molar-refractivity contribution in [3.8, 4) is 5.88 Å². The number of aromatic carboxylic acids is 1. The van der Waals surface area contributed by atoms with E-state index in [4.69, 9.17) is 9.84 Å². The third-order valence-corrected chi connectivity index (χ3v) is 2.45. The molecular weight excluding hydrogens is 256 g/mol. The van der Waals surface area contributed by atoms with E-state index >= 15 is 0 Å². The molecule has 100 valence electrons. The number of hydrogen-bond donors (Lipinski definition) is 1. The molecule has 4 nitrogen and oxygen atoms in total. The van der Waals surface area contributed by atoms with E-state index in [1.165, 1.54) is 0 Å². The first-order valence-corrected chi connectivity index (χ1v) is 5.50. The van der Waals surface area contributed by atoms with Gasteiger partial charge in [0.1, 0.15) is 0 Å². The average molecular weight is 267 g/mol. The maximum atomic E-state index is 12.8. The van der Waals surface area contributed by atoms with E-state index in [1.54, 1.807) is 24.3 Å². The van der Waals surface area contributed by atoms with E-state index in [-0.39, 0.29) is 11.4 Å². The number of fused-ring (bicyclic) bond motifs is 1. The lowest BCUT2D eigenvalue weighted by Crippen LogP contribution is -2.21. The van der Waals surface area contributed by atoms with Crippen LogP contribution in [0.15, 0.2) is 30.5 Å². The number of ether oxygens (including phenoxy) is 1. The second-order valence-corrected chi connectivity index (χ2v) is 4.19. The van der Waals surface area contributed by atoms with Gasteiger partial charge in [-0.2, -0.15) is 0 Å². The standard InChI is InChI=1S/C13H11F2NO3/c1-13(14,15)7-19-11-9-5-3-2-4-8(9)10(6-16-11)12(17)18/h2-6H,7H2,1H3,(H,17,18). The van der Waals surface area contributed by atoms with E-state index in [9.17, 15) is 13.6 Å². The van der Waals surface area contributed by atoms with Crippen molar-refractivity contribution in [2.75, 3.05) is 6.61 Å². The Morgan fingerprint density at radius 3 is 2.58 bits per heavy atom. The van der Waals surface area contributed by atoms with Crippen LogP contribution in [0.25, 0.3) is 10.8 Å². The Morgan fingerprint density at radius 2 is 2.00 bits per heavy atom. The quantitative estimate of drug-likeness (QED) is 0.925. The molecule has 0 saturated heterocycles. The first-order valence-electron chi connectivity index (χ1n) is 5.50. The number of carboxylic acid groups (broad SMARTS) is 1. The molecule has 0 aliphatic carbocycles. The summed E-state index contributed by atoms with van der Waals surface area (Å²) >= 11 is 0. The second kappa shape index (κ2) is 4.79. The molecule has 0 fully saturated rings. The van der Waals surface area contributed by atoms with Gasteiger partial charge in [-0.05, 0) is 6.07 Å². The number of rotatable bonds is 4. The normalized spacial score (nSPS) is 11.5. The molecule has 0 spiro atoms. The summed E-state index contributed by atoms with van der Waals surface area (Å²) in [5.41, 5.74) is 0.00575. The van der Waals surface area contributed by atoms with Crippen LogP contribution in [0, 0.1) is 0 Å². The number of carboxylic acids is 1. The minimum atomic E-state index is -2.98. The minimum Gasteiger partial charge on any atom is -0.478 e. The van der Waals surface area contributed by atoms with Crippen molar-refractivity contribution in [3.63, 3.8) is 0 Å². The number of nitrogens with zero attached hydrogens (tertiary/aromatic N) is 1. The molecule has 0 amide bonds. The highest BCUT2D eigenvalue weighted by atomic mass is 19.3. The van der Waals surface area contributed by atoms with Gasteiger partial charge < -0.3 is 9.84 Å². The number of hydrogen-bond acceptors (Lipinski definition) is 3. The fourth-order valence-electron chi connectivity index (χ4n) is 1.65. The number of alkyl halides is 2. The number of benzene rings is 1. The van der Waals surface area contributed by atoms with Crippen LogP contribution >= 0.6 is 0 Å². The van der Waals surface area contributed by atoms with E-state index in [0.717, 1.165) is 13.1 Å². The lowest BCUT2D eigenvalue weighted by atomic mass is 10.1. The first-order chi connectivity index (χ1) is 8.88. The SMILES string of the molecule is CC(F)(F)COc1ncc(C(=O)O)c2ccccc12. The third kappa shape index (κ3) is 2.96. The largest absolute Gasteiger partial charge is 0.478 e. The topological polar surface area (TPSA) is 59.4 Å². The zero-order valence-electron chi connectivity index (χ0n) is 10.1. The molecule has 0 bridgehead atoms. The Balaban J connectivity index is 2.47. The third-order valence-electron chi connectivity index (χ3n) is 2.45. The van der Waals surface area contributed by atoms with Crippen LogP contribution < -0.4 is 4.74 Å². The van der Waals surface area contributed by atoms with Gasteiger partial charge >= 0.3 is 5.97 Å². The molecule has 1 aromatic heterocycles. The summed E-state index contributed by atoms with van der Waals surface area (Å²) in [6.45, 7) is -0.0722. The van der Waals surface area contributed by atoms with E-state index in [1.807, 2.05) is 0 Å². The van der Waals surface area contributed by atoms with Crippen molar-refractivity contribution in [2.45, 2.75) is 12.8 Å². The predicted octanol–water partition coefficient (Wildman–Crippen LogP) is 2.97. The Hall–Kier alpha value is -2.24. The second-order valence-electron chi connectivity index (χ2n) is 4.19. The van der Waals surface area contributed by atoms with E-state index in [0.29, 0.717) is 10.8 Å². The Bertz CT molecular complexity index is 623. The number of pyridine rings is 1. The van der Waals surface area contributed by atoms with Crippen LogP contribution in [-0.4, -0.2) is 28.6 Å². The van der Waals surface area contributed by atoms with Gasteiger partial charge in [-0.15, -0.1) is 0 Å². The average Bonchev–Trinajstić information content (AvgIpc) is 2.34. The summed E-state index contributed by atoms with van der Waals surface area (Å²) in [7, 11) is 0. The highest BCUT2D eigenvalue weighted by molar-refractivity contribution is 6.04. The Kier molecular flexibility index (Phi) is 3.33. The number of carbonyl (C=O) groups is 1. The molecule has 0 unspecified atom stereocenters. The number of halogens is 2. The van der Waals surface area contributed by atoms with Gasteiger partial charge in [0, 0.05) is 23.9 Å². The summed E-state index contributed by atoms with van der Waals surface area (Å²) in [6, 6.07) is 6.48. The van der Waals surface area contributed by atoms with Crippen molar-refractivity contribution in [1.29, 1.82) is 0 Å². The molecule has 19 heavy (non-hydrogen) atoms. The molecule has 1 N–H and O–H groups in total. The van der Waals surface area contributed by atoms with Crippen molar-refractivity contribution in [3.05, 3.63) is 36.0 Å². The van der Waals surface area contributed by atoms with Crippen molar-refractivity contribution < 1.29 is 23.4 Å². The molecule has 0 saturated carbocycles. The van der Waals surface area contributed by atoms with Gasteiger partial charge in [0.05, 0.1) is 5.56 Å². The lowest BCUT2D eigenvalue weighted by Gasteiger charge is -2.13. The van der Waals surface area contributed by atoms with Crippen LogP contribution in [0.1, 0.15) is 17.3 Å². The van der Waals surface area contributed by atoms with Gasteiger partial charge in [0.15, 0.2) is 6.61 Å². The van der Waals surface area contributed by atoms with Crippen LogP contribution in [0.2, 0.25) is 0 Å². The van der Waals surface area contributed by atoms with Crippen molar-refractivity contribution >= 4 is 16.7 Å². The molecule has 0 aliphatic heterocycles. The Labute approximate surface area is 107 Å². The summed E-state index contributed by atoms with van der Waals surface area (Å²) in [5, 5.41) is 9.83. The predicted molar refractivity (Wildman–Crippen MR) is 64.8 cm³/mol. The van der Waals surface area contributed by atoms with Crippen molar-refractivity contribution in [2.24, 2.45) is 0 Å². The van der Waals surface area contributed by atoms with Gasteiger partial charge in [0.2, 0.25) is 5.88 Å². The summed E-state index contributed by atoms with van der Waals surface area (Å²) in [6.07, 6.45) is 1.10. The highest BCUT2D eigenvalue weighted by Crippen LogP contribution is 2.27. The maximum Gasteiger partial charge on any atom is 0.337 e. The summed E-state index contributed by atoms with van der Waals surface area (Å²) < 4.78 is 30.5. The van der Waals surface area contributed by atoms with E-state index in [2.05, 4.69) is 4.98 Å². The van der Waals surface area contributed by atoms with Gasteiger partial charge in [-0.3, -0.25) is 0 Å². The maximum absolute atomic E-state index is 12.8. The van der Waals surface area contributed by atoms with Gasteiger partial charge in [0.25, 0.3) is 5.92 Å².